The maximum absolute atomic E-state index is 13.2. The van der Waals surface area contributed by atoms with Crippen molar-refractivity contribution in [2.45, 2.75) is 39.8 Å². The number of anilines is 1. The Labute approximate surface area is 193 Å². The first-order valence-corrected chi connectivity index (χ1v) is 10.8. The average Bonchev–Trinajstić information content (AvgIpc) is 3.06. The summed E-state index contributed by atoms with van der Waals surface area (Å²) >= 11 is 0. The van der Waals surface area contributed by atoms with Gasteiger partial charge in [-0.3, -0.25) is 19.5 Å². The zero-order chi connectivity index (χ0) is 23.7. The highest BCUT2D eigenvalue weighted by Gasteiger charge is 2.46. The zero-order valence-electron chi connectivity index (χ0n) is 19.1. The van der Waals surface area contributed by atoms with Crippen LogP contribution in [0, 0.1) is 13.8 Å². The lowest BCUT2D eigenvalue weighted by Crippen LogP contribution is -2.29. The number of Topliss-reactive ketones (excluding diaryl/α,β-unsaturated/α-hetero) is 1. The normalized spacial score (nSPS) is 17.6. The van der Waals surface area contributed by atoms with Gasteiger partial charge in [0.2, 0.25) is 0 Å². The Morgan fingerprint density at radius 3 is 2.27 bits per heavy atom. The maximum atomic E-state index is 13.2. The summed E-state index contributed by atoms with van der Waals surface area (Å²) in [7, 11) is 0. The Morgan fingerprint density at radius 2 is 1.67 bits per heavy atom. The van der Waals surface area contributed by atoms with Crippen molar-refractivity contribution in [2.24, 2.45) is 0 Å². The number of aliphatic hydroxyl groups excluding tert-OH is 1. The number of carbonyl (C=O) groups is 2. The topological polar surface area (TPSA) is 79.7 Å². The van der Waals surface area contributed by atoms with Crippen molar-refractivity contribution in [2.75, 3.05) is 4.90 Å². The predicted molar refractivity (Wildman–Crippen MR) is 127 cm³/mol. The number of hydrogen-bond acceptors (Lipinski definition) is 5. The minimum atomic E-state index is -0.775. The van der Waals surface area contributed by atoms with Gasteiger partial charge in [0.15, 0.2) is 0 Å². The number of aliphatic hydroxyl groups is 1. The van der Waals surface area contributed by atoms with E-state index in [-0.39, 0.29) is 17.4 Å². The van der Waals surface area contributed by atoms with Crippen LogP contribution in [0.25, 0.3) is 5.76 Å². The Morgan fingerprint density at radius 1 is 1.00 bits per heavy atom. The number of nitrogens with zero attached hydrogens (tertiary/aromatic N) is 2. The van der Waals surface area contributed by atoms with Crippen LogP contribution in [0.2, 0.25) is 0 Å². The molecule has 0 radical (unpaired) electrons. The van der Waals surface area contributed by atoms with Crippen LogP contribution in [0.5, 0.6) is 5.75 Å². The summed E-state index contributed by atoms with van der Waals surface area (Å²) in [5.74, 6) is -0.926. The molecule has 0 aliphatic carbocycles. The molecule has 1 fully saturated rings. The lowest BCUT2D eigenvalue weighted by Gasteiger charge is -2.25. The highest BCUT2D eigenvalue weighted by molar-refractivity contribution is 6.51. The van der Waals surface area contributed by atoms with E-state index < -0.39 is 17.7 Å². The predicted octanol–water partition coefficient (Wildman–Crippen LogP) is 5.11. The van der Waals surface area contributed by atoms with E-state index in [0.29, 0.717) is 22.6 Å². The monoisotopic (exact) mass is 442 g/mol. The summed E-state index contributed by atoms with van der Waals surface area (Å²) in [5, 5.41) is 11.3. The molecule has 33 heavy (non-hydrogen) atoms. The molecule has 1 atom stereocenters. The molecule has 0 spiro atoms. The number of aryl methyl sites for hydroxylation is 2. The van der Waals surface area contributed by atoms with Gasteiger partial charge in [-0.1, -0.05) is 17.7 Å². The van der Waals surface area contributed by atoms with Gasteiger partial charge in [0.05, 0.1) is 17.7 Å². The molecule has 3 aromatic rings. The number of ketones is 1. The fourth-order valence-electron chi connectivity index (χ4n) is 4.00. The van der Waals surface area contributed by atoms with E-state index in [0.717, 1.165) is 11.1 Å². The lowest BCUT2D eigenvalue weighted by molar-refractivity contribution is -0.132. The first-order chi connectivity index (χ1) is 15.8. The number of aromatic nitrogens is 1. The minimum absolute atomic E-state index is 0.00895. The second kappa shape index (κ2) is 8.90. The molecule has 1 unspecified atom stereocenters. The molecule has 168 valence electrons. The number of ether oxygens (including phenoxy) is 1. The first kappa shape index (κ1) is 22.3. The molecule has 2 aromatic carbocycles. The number of hydrogen-bond donors (Lipinski definition) is 1. The van der Waals surface area contributed by atoms with E-state index in [4.69, 9.17) is 4.74 Å². The van der Waals surface area contributed by atoms with Crippen LogP contribution in [0.15, 0.2) is 72.6 Å². The van der Waals surface area contributed by atoms with Gasteiger partial charge in [-0.25, -0.2) is 0 Å². The molecule has 0 saturated carbocycles. The van der Waals surface area contributed by atoms with E-state index in [1.807, 2.05) is 39.8 Å². The van der Waals surface area contributed by atoms with Crippen LogP contribution < -0.4 is 9.64 Å². The zero-order valence-corrected chi connectivity index (χ0v) is 19.1. The van der Waals surface area contributed by atoms with Gasteiger partial charge < -0.3 is 9.84 Å². The number of carbonyl (C=O) groups excluding carboxylic acids is 2. The Bertz CT molecular complexity index is 1230. The number of rotatable bonds is 5. The molecular formula is C27H26N2O4. The van der Waals surface area contributed by atoms with E-state index >= 15 is 0 Å². The van der Waals surface area contributed by atoms with Crippen LogP contribution in [-0.2, 0) is 9.59 Å². The third-order valence-electron chi connectivity index (χ3n) is 5.59. The van der Waals surface area contributed by atoms with Gasteiger partial charge >= 0.3 is 0 Å². The van der Waals surface area contributed by atoms with E-state index in [2.05, 4.69) is 4.98 Å². The summed E-state index contributed by atoms with van der Waals surface area (Å²) < 4.78 is 5.78. The number of benzene rings is 2. The third kappa shape index (κ3) is 4.24. The summed E-state index contributed by atoms with van der Waals surface area (Å²) in [5.41, 5.74) is 3.62. The Hall–Kier alpha value is -3.93. The molecule has 2 heterocycles. The standard InChI is InChI=1S/C27H26N2O4/c1-16(2)33-22-10-7-20(15-18(22)4)25(30)23-24(19-11-13-28-14-12-19)29(27(32)26(23)31)21-8-5-17(3)6-9-21/h5-16,24,30H,1-4H3/b25-23-. The van der Waals surface area contributed by atoms with Crippen LogP contribution in [0.3, 0.4) is 0 Å². The Balaban J connectivity index is 1.87. The largest absolute Gasteiger partial charge is 0.507 e. The molecule has 1 aliphatic heterocycles. The SMILES string of the molecule is Cc1ccc(N2C(=O)C(=O)/C(=C(\O)c3ccc(OC(C)C)c(C)c3)C2c2ccncc2)cc1. The molecule has 1 saturated heterocycles. The summed E-state index contributed by atoms with van der Waals surface area (Å²) in [6.45, 7) is 7.70. The van der Waals surface area contributed by atoms with Gasteiger partial charge in [0.25, 0.3) is 11.7 Å². The van der Waals surface area contributed by atoms with Gasteiger partial charge in [-0.15, -0.1) is 0 Å². The summed E-state index contributed by atoms with van der Waals surface area (Å²) in [4.78, 5) is 31.9. The average molecular weight is 443 g/mol. The van der Waals surface area contributed by atoms with Crippen LogP contribution in [0.4, 0.5) is 5.69 Å². The minimum Gasteiger partial charge on any atom is -0.507 e. The molecule has 1 aliphatic rings. The fourth-order valence-corrected chi connectivity index (χ4v) is 4.00. The van der Waals surface area contributed by atoms with Gasteiger partial charge in [-0.2, -0.15) is 0 Å². The fraction of sp³-hybridized carbons (Fsp3) is 0.222. The van der Waals surface area contributed by atoms with Crippen molar-refractivity contribution in [3.8, 4) is 5.75 Å². The smallest absolute Gasteiger partial charge is 0.300 e. The summed E-state index contributed by atoms with van der Waals surface area (Å²) in [6, 6.07) is 15.3. The quantitative estimate of drug-likeness (QED) is 0.337. The van der Waals surface area contributed by atoms with Gasteiger partial charge in [0.1, 0.15) is 11.5 Å². The van der Waals surface area contributed by atoms with E-state index in [1.165, 1.54) is 4.90 Å². The number of amides is 1. The van der Waals surface area contributed by atoms with Gasteiger partial charge in [0, 0.05) is 23.6 Å². The van der Waals surface area contributed by atoms with Crippen molar-refractivity contribution in [3.05, 3.63) is 94.8 Å². The van der Waals surface area contributed by atoms with Crippen molar-refractivity contribution < 1.29 is 19.4 Å². The van der Waals surface area contributed by atoms with E-state index in [1.54, 1.807) is 54.9 Å². The highest BCUT2D eigenvalue weighted by atomic mass is 16.5. The Kier molecular flexibility index (Phi) is 6.01. The molecule has 6 heteroatoms. The molecule has 1 N–H and O–H groups in total. The van der Waals surface area contributed by atoms with Crippen LogP contribution in [-0.4, -0.2) is 27.9 Å². The van der Waals surface area contributed by atoms with E-state index in [9.17, 15) is 14.7 Å². The van der Waals surface area contributed by atoms with Crippen LogP contribution >= 0.6 is 0 Å². The molecule has 4 rings (SSSR count). The third-order valence-corrected chi connectivity index (χ3v) is 5.59. The van der Waals surface area contributed by atoms with Gasteiger partial charge in [-0.05, 0) is 81.3 Å². The number of pyridine rings is 1. The maximum Gasteiger partial charge on any atom is 0.300 e. The van der Waals surface area contributed by atoms with Crippen molar-refractivity contribution >= 4 is 23.1 Å². The lowest BCUT2D eigenvalue weighted by atomic mass is 9.95. The summed E-state index contributed by atoms with van der Waals surface area (Å²) in [6.07, 6.45) is 3.22. The van der Waals surface area contributed by atoms with Crippen molar-refractivity contribution in [1.29, 1.82) is 0 Å². The second-order valence-electron chi connectivity index (χ2n) is 8.43. The highest BCUT2D eigenvalue weighted by Crippen LogP contribution is 2.42. The molecule has 1 aromatic heterocycles. The van der Waals surface area contributed by atoms with Crippen LogP contribution in [0.1, 0.15) is 42.1 Å². The first-order valence-electron chi connectivity index (χ1n) is 10.8. The molecule has 1 amide bonds. The molecular weight excluding hydrogens is 416 g/mol. The molecule has 0 bridgehead atoms. The molecule has 6 nitrogen and oxygen atoms in total. The van der Waals surface area contributed by atoms with Crippen molar-refractivity contribution in [1.82, 2.24) is 4.98 Å². The second-order valence-corrected chi connectivity index (χ2v) is 8.43. The van der Waals surface area contributed by atoms with Crippen molar-refractivity contribution in [3.63, 3.8) is 0 Å².